The summed E-state index contributed by atoms with van der Waals surface area (Å²) in [5.74, 6) is 0.715. The normalized spacial score (nSPS) is 30.2. The average molecular weight is 363 g/mol. The first-order valence-corrected chi connectivity index (χ1v) is 9.52. The van der Waals surface area contributed by atoms with Gasteiger partial charge in [-0.15, -0.1) is 6.58 Å². The van der Waals surface area contributed by atoms with Crippen molar-refractivity contribution < 1.29 is 13.9 Å². The van der Waals surface area contributed by atoms with Crippen molar-refractivity contribution in [2.24, 2.45) is 11.1 Å². The van der Waals surface area contributed by atoms with E-state index in [9.17, 15) is 4.39 Å². The molecule has 0 aromatic heterocycles. The maximum atomic E-state index is 12.3. The van der Waals surface area contributed by atoms with Crippen LogP contribution in [0.3, 0.4) is 0 Å². The fourth-order valence-corrected chi connectivity index (χ4v) is 4.69. The highest BCUT2D eigenvalue weighted by atomic mass is 19.1. The third-order valence-corrected chi connectivity index (χ3v) is 6.06. The molecule has 2 aliphatic carbocycles. The lowest BCUT2D eigenvalue weighted by Gasteiger charge is -2.47. The predicted octanol–water partition coefficient (Wildman–Crippen LogP) is 2.38. The SMILES string of the molecule is [B]C([B])([B])OC1CCC2(CC1)Cc1ccc(OCCCF)cc1C2(N)C=C. The zero-order chi connectivity index (χ0) is 19.7. The Morgan fingerprint density at radius 3 is 2.59 bits per heavy atom. The van der Waals surface area contributed by atoms with Crippen LogP contribution in [0.4, 0.5) is 4.39 Å². The Balaban J connectivity index is 1.79. The van der Waals surface area contributed by atoms with E-state index in [4.69, 9.17) is 38.7 Å². The molecule has 3 rings (SSSR count). The van der Waals surface area contributed by atoms with Crippen LogP contribution in [-0.2, 0) is 16.7 Å². The Labute approximate surface area is 165 Å². The first-order chi connectivity index (χ1) is 12.7. The molecule has 0 saturated heterocycles. The van der Waals surface area contributed by atoms with Crippen molar-refractivity contribution in [2.45, 2.75) is 55.5 Å². The molecule has 0 aliphatic heterocycles. The lowest BCUT2D eigenvalue weighted by atomic mass is 9.52. The van der Waals surface area contributed by atoms with Crippen LogP contribution < -0.4 is 10.5 Å². The summed E-state index contributed by atoms with van der Waals surface area (Å²) < 4.78 is 23.5. The third kappa shape index (κ3) is 4.00. The zero-order valence-corrected chi connectivity index (χ0v) is 15.8. The summed E-state index contributed by atoms with van der Waals surface area (Å²) in [7, 11) is 16.7. The molecular formula is C20H25B3FNO2. The molecular weight excluding hydrogens is 338 g/mol. The number of nitrogens with two attached hydrogens (primary N) is 1. The van der Waals surface area contributed by atoms with Gasteiger partial charge in [0.2, 0.25) is 0 Å². The molecule has 2 N–H and O–H groups in total. The van der Waals surface area contributed by atoms with Crippen molar-refractivity contribution >= 4 is 23.5 Å². The summed E-state index contributed by atoms with van der Waals surface area (Å²) in [4.78, 5) is 0. The summed E-state index contributed by atoms with van der Waals surface area (Å²) in [6.45, 7) is 4.00. The Hall–Kier alpha value is -1.20. The largest absolute Gasteiger partial charge is 0.493 e. The standard InChI is InChI=1S/C20H25B3FNO2/c1-2-19(25)17-12-16(26-11-3-10-24)5-4-14(17)13-18(19)8-6-15(7-9-18)27-20(21,22)23/h2,4-5,12,15H,1,3,6-11,13,25H2. The molecule has 6 radical (unpaired) electrons. The molecule has 1 spiro atoms. The van der Waals surface area contributed by atoms with Crippen LogP contribution in [-0.4, -0.2) is 48.2 Å². The van der Waals surface area contributed by atoms with Gasteiger partial charge in [0.1, 0.15) is 5.75 Å². The molecule has 27 heavy (non-hydrogen) atoms. The molecule has 3 nitrogen and oxygen atoms in total. The van der Waals surface area contributed by atoms with Crippen LogP contribution >= 0.6 is 0 Å². The molecule has 0 bridgehead atoms. The van der Waals surface area contributed by atoms with E-state index in [1.54, 1.807) is 0 Å². The number of hydrogen-bond acceptors (Lipinski definition) is 3. The van der Waals surface area contributed by atoms with Crippen molar-refractivity contribution in [2.75, 3.05) is 13.3 Å². The molecule has 0 amide bonds. The van der Waals surface area contributed by atoms with Gasteiger partial charge in [0, 0.05) is 11.8 Å². The number of fused-ring (bicyclic) bond motifs is 1. The Morgan fingerprint density at radius 1 is 1.30 bits per heavy atom. The molecule has 1 aromatic rings. The number of benzene rings is 1. The first-order valence-electron chi connectivity index (χ1n) is 9.52. The molecule has 2 aliphatic rings. The van der Waals surface area contributed by atoms with E-state index in [0.29, 0.717) is 18.8 Å². The van der Waals surface area contributed by atoms with Crippen LogP contribution in [0.5, 0.6) is 5.75 Å². The van der Waals surface area contributed by atoms with Gasteiger partial charge in [0.15, 0.2) is 0 Å². The minimum atomic E-state index is -1.61. The molecule has 1 saturated carbocycles. The molecule has 1 atom stereocenters. The zero-order valence-electron chi connectivity index (χ0n) is 15.8. The van der Waals surface area contributed by atoms with Crippen molar-refractivity contribution in [1.82, 2.24) is 0 Å². The summed E-state index contributed by atoms with van der Waals surface area (Å²) in [6, 6.07) is 5.98. The molecule has 7 heteroatoms. The van der Waals surface area contributed by atoms with Gasteiger partial charge < -0.3 is 15.2 Å². The number of ether oxygens (including phenoxy) is 2. The third-order valence-electron chi connectivity index (χ3n) is 6.06. The van der Waals surface area contributed by atoms with E-state index in [-0.39, 0.29) is 18.2 Å². The van der Waals surface area contributed by atoms with Crippen LogP contribution in [0.15, 0.2) is 30.9 Å². The predicted molar refractivity (Wildman–Crippen MR) is 108 cm³/mol. The topological polar surface area (TPSA) is 44.5 Å². The quantitative estimate of drug-likeness (QED) is 0.460. The Kier molecular flexibility index (Phi) is 5.84. The fourth-order valence-electron chi connectivity index (χ4n) is 4.69. The van der Waals surface area contributed by atoms with Crippen molar-refractivity contribution in [3.8, 4) is 5.75 Å². The highest BCUT2D eigenvalue weighted by Crippen LogP contribution is 2.57. The van der Waals surface area contributed by atoms with E-state index in [1.165, 1.54) is 5.56 Å². The van der Waals surface area contributed by atoms with Crippen molar-refractivity contribution in [1.29, 1.82) is 0 Å². The summed E-state index contributed by atoms with van der Waals surface area (Å²) >= 11 is 0. The monoisotopic (exact) mass is 363 g/mol. The Morgan fingerprint density at radius 2 is 2.00 bits per heavy atom. The van der Waals surface area contributed by atoms with Crippen molar-refractivity contribution in [3.63, 3.8) is 0 Å². The van der Waals surface area contributed by atoms with Crippen LogP contribution in [0.25, 0.3) is 0 Å². The van der Waals surface area contributed by atoms with Gasteiger partial charge in [-0.2, -0.15) is 0 Å². The lowest BCUT2D eigenvalue weighted by Crippen LogP contribution is -2.51. The molecule has 0 heterocycles. The van der Waals surface area contributed by atoms with E-state index in [2.05, 4.69) is 12.6 Å². The van der Waals surface area contributed by atoms with E-state index in [0.717, 1.165) is 37.7 Å². The Bertz CT molecular complexity index is 686. The second kappa shape index (κ2) is 7.67. The van der Waals surface area contributed by atoms with Gasteiger partial charge in [0.05, 0.1) is 48.5 Å². The maximum Gasteiger partial charge on any atom is 0.119 e. The maximum absolute atomic E-state index is 12.3. The van der Waals surface area contributed by atoms with Crippen molar-refractivity contribution in [3.05, 3.63) is 42.0 Å². The van der Waals surface area contributed by atoms with Crippen LogP contribution in [0.1, 0.15) is 43.2 Å². The number of hydrogen-bond donors (Lipinski definition) is 1. The minimum Gasteiger partial charge on any atom is -0.493 e. The van der Waals surface area contributed by atoms with E-state index >= 15 is 0 Å². The summed E-state index contributed by atoms with van der Waals surface area (Å²) in [5.41, 5.74) is 8.39. The molecule has 1 fully saturated rings. The van der Waals surface area contributed by atoms with Gasteiger partial charge in [0.25, 0.3) is 0 Å². The van der Waals surface area contributed by atoms with Gasteiger partial charge >= 0.3 is 0 Å². The molecule has 138 valence electrons. The van der Waals surface area contributed by atoms with Gasteiger partial charge in [-0.3, -0.25) is 4.39 Å². The summed E-state index contributed by atoms with van der Waals surface area (Å²) in [5, 5.41) is -1.61. The fraction of sp³-hybridized carbons (Fsp3) is 0.600. The lowest BCUT2D eigenvalue weighted by molar-refractivity contribution is -0.0219. The number of alkyl halides is 1. The number of halogens is 1. The highest BCUT2D eigenvalue weighted by molar-refractivity contribution is 6.58. The summed E-state index contributed by atoms with van der Waals surface area (Å²) in [6.07, 6.45) is 6.33. The van der Waals surface area contributed by atoms with Gasteiger partial charge in [-0.05, 0) is 60.7 Å². The number of rotatable bonds is 7. The molecule has 1 aromatic carbocycles. The smallest absolute Gasteiger partial charge is 0.119 e. The van der Waals surface area contributed by atoms with Crippen LogP contribution in [0.2, 0.25) is 0 Å². The molecule has 1 unspecified atom stereocenters. The average Bonchev–Trinajstić information content (AvgIpc) is 2.85. The first kappa shape index (κ1) is 20.5. The van der Waals surface area contributed by atoms with Gasteiger partial charge in [-0.25, -0.2) is 0 Å². The highest BCUT2D eigenvalue weighted by Gasteiger charge is 2.55. The second-order valence-corrected chi connectivity index (χ2v) is 7.91. The second-order valence-electron chi connectivity index (χ2n) is 7.91. The van der Waals surface area contributed by atoms with E-state index < -0.39 is 10.8 Å². The van der Waals surface area contributed by atoms with Crippen LogP contribution in [0, 0.1) is 5.41 Å². The van der Waals surface area contributed by atoms with Gasteiger partial charge in [-0.1, -0.05) is 12.1 Å². The van der Waals surface area contributed by atoms with E-state index in [1.807, 2.05) is 18.2 Å². The minimum absolute atomic E-state index is 0.0759.